The van der Waals surface area contributed by atoms with Crippen molar-refractivity contribution in [1.29, 1.82) is 0 Å². The monoisotopic (exact) mass is 284 g/mol. The van der Waals surface area contributed by atoms with Crippen LogP contribution in [0, 0.1) is 6.92 Å². The average Bonchev–Trinajstić information content (AvgIpc) is 2.48. The first-order valence-corrected chi connectivity index (χ1v) is 6.82. The van der Waals surface area contributed by atoms with Crippen LogP contribution < -0.4 is 5.32 Å². The number of nitrogens with one attached hydrogen (secondary N) is 1. The van der Waals surface area contributed by atoms with Gasteiger partial charge in [0.05, 0.1) is 12.2 Å². The summed E-state index contributed by atoms with van der Waals surface area (Å²) in [6.07, 6.45) is 3.50. The van der Waals surface area contributed by atoms with E-state index in [4.69, 9.17) is 0 Å². The van der Waals surface area contributed by atoms with Crippen LogP contribution in [0.1, 0.15) is 11.1 Å². The Bertz CT molecular complexity index is 629. The molecular weight excluding hydrogens is 264 g/mol. The first-order valence-electron chi connectivity index (χ1n) is 6.82. The molecule has 110 valence electrons. The molecule has 1 aromatic carbocycles. The lowest BCUT2D eigenvalue weighted by molar-refractivity contribution is -0.116. The minimum Gasteiger partial charge on any atom is -0.392 e. The summed E-state index contributed by atoms with van der Waals surface area (Å²) in [6.45, 7) is 6.54. The number of rotatable bonds is 4. The molecule has 2 N–H and O–H groups in total. The third kappa shape index (κ3) is 3.41. The second-order valence-corrected chi connectivity index (χ2v) is 5.06. The van der Waals surface area contributed by atoms with E-state index in [1.165, 1.54) is 5.56 Å². The summed E-state index contributed by atoms with van der Waals surface area (Å²) in [7, 11) is 1.58. The fourth-order valence-electron chi connectivity index (χ4n) is 2.30. The standard InChI is InChI=1S/C17H20N2O2/c1-12-5-4-6-14(7-12)9-19-10-15(11-20)8-16(13(19)2)17(21)18-3/h4-8,10,20H,2,9,11H2,1,3H3,(H,18,21). The van der Waals surface area contributed by atoms with Crippen molar-refractivity contribution < 1.29 is 9.90 Å². The largest absolute Gasteiger partial charge is 0.392 e. The predicted molar refractivity (Wildman–Crippen MR) is 83.2 cm³/mol. The lowest BCUT2D eigenvalue weighted by Crippen LogP contribution is -2.29. The van der Waals surface area contributed by atoms with Gasteiger partial charge in [-0.15, -0.1) is 0 Å². The highest BCUT2D eigenvalue weighted by molar-refractivity contribution is 5.98. The van der Waals surface area contributed by atoms with Gasteiger partial charge in [0.15, 0.2) is 0 Å². The minimum atomic E-state index is -0.201. The number of aliphatic hydroxyl groups is 1. The van der Waals surface area contributed by atoms with E-state index in [9.17, 15) is 9.90 Å². The van der Waals surface area contributed by atoms with Crippen LogP contribution in [0.4, 0.5) is 0 Å². The lowest BCUT2D eigenvalue weighted by atomic mass is 10.0. The molecule has 0 fully saturated rings. The molecule has 1 amide bonds. The van der Waals surface area contributed by atoms with Gasteiger partial charge < -0.3 is 15.3 Å². The molecule has 1 aliphatic heterocycles. The van der Waals surface area contributed by atoms with Crippen LogP contribution in [0.25, 0.3) is 0 Å². The van der Waals surface area contributed by atoms with Gasteiger partial charge in [-0.3, -0.25) is 4.79 Å². The van der Waals surface area contributed by atoms with E-state index in [1.54, 1.807) is 13.1 Å². The van der Waals surface area contributed by atoms with Gasteiger partial charge in [-0.1, -0.05) is 36.4 Å². The molecule has 1 aromatic rings. The van der Waals surface area contributed by atoms with Gasteiger partial charge in [-0.05, 0) is 24.1 Å². The number of nitrogens with zero attached hydrogens (tertiary/aromatic N) is 1. The third-order valence-corrected chi connectivity index (χ3v) is 3.40. The molecule has 0 atom stereocenters. The van der Waals surface area contributed by atoms with Crippen LogP contribution in [-0.2, 0) is 11.3 Å². The number of hydrogen-bond acceptors (Lipinski definition) is 3. The summed E-state index contributed by atoms with van der Waals surface area (Å²) in [5.74, 6) is -0.201. The van der Waals surface area contributed by atoms with Gasteiger partial charge in [0.2, 0.25) is 0 Å². The summed E-state index contributed by atoms with van der Waals surface area (Å²) < 4.78 is 0. The molecule has 0 unspecified atom stereocenters. The molecular formula is C17H20N2O2. The van der Waals surface area contributed by atoms with Gasteiger partial charge in [-0.25, -0.2) is 0 Å². The van der Waals surface area contributed by atoms with Crippen LogP contribution in [0.5, 0.6) is 0 Å². The zero-order valence-electron chi connectivity index (χ0n) is 12.4. The van der Waals surface area contributed by atoms with Crippen molar-refractivity contribution >= 4 is 5.91 Å². The highest BCUT2D eigenvalue weighted by Crippen LogP contribution is 2.25. The van der Waals surface area contributed by atoms with Gasteiger partial charge in [-0.2, -0.15) is 0 Å². The maximum absolute atomic E-state index is 11.9. The quantitative estimate of drug-likeness (QED) is 0.887. The summed E-state index contributed by atoms with van der Waals surface area (Å²) in [5.41, 5.74) is 4.12. The average molecular weight is 284 g/mol. The number of hydrogen-bond donors (Lipinski definition) is 2. The maximum atomic E-state index is 11.9. The van der Waals surface area contributed by atoms with E-state index in [0.29, 0.717) is 23.4 Å². The van der Waals surface area contributed by atoms with Crippen LogP contribution in [0.15, 0.2) is 60.0 Å². The van der Waals surface area contributed by atoms with Gasteiger partial charge in [0.1, 0.15) is 0 Å². The molecule has 0 saturated heterocycles. The Morgan fingerprint density at radius 3 is 2.81 bits per heavy atom. The van der Waals surface area contributed by atoms with E-state index < -0.39 is 0 Å². The zero-order valence-corrected chi connectivity index (χ0v) is 12.4. The highest BCUT2D eigenvalue weighted by Gasteiger charge is 2.21. The molecule has 1 heterocycles. The van der Waals surface area contributed by atoms with Crippen molar-refractivity contribution in [3.8, 4) is 0 Å². The Kier molecular flexibility index (Phi) is 4.60. The number of aliphatic hydroxyl groups excluding tert-OH is 1. The zero-order chi connectivity index (χ0) is 15.4. The highest BCUT2D eigenvalue weighted by atomic mass is 16.3. The molecule has 0 spiro atoms. The van der Waals surface area contributed by atoms with E-state index in [1.807, 2.05) is 36.2 Å². The molecule has 2 rings (SSSR count). The van der Waals surface area contributed by atoms with E-state index in [-0.39, 0.29) is 12.5 Å². The number of benzene rings is 1. The number of amides is 1. The number of aryl methyl sites for hydroxylation is 1. The van der Waals surface area contributed by atoms with Crippen molar-refractivity contribution in [2.24, 2.45) is 0 Å². The normalized spacial score (nSPS) is 14.6. The Hall–Kier alpha value is -2.33. The number of carbonyl (C=O) groups excluding carboxylic acids is 1. The van der Waals surface area contributed by atoms with Gasteiger partial charge in [0, 0.05) is 25.5 Å². The number of likely N-dealkylation sites (N-methyl/N-ethyl adjacent to an activating group) is 1. The number of carbonyl (C=O) groups is 1. The maximum Gasteiger partial charge on any atom is 0.253 e. The predicted octanol–water partition coefficient (Wildman–Crippen LogP) is 1.87. The molecule has 0 radical (unpaired) electrons. The molecule has 4 nitrogen and oxygen atoms in total. The smallest absolute Gasteiger partial charge is 0.253 e. The summed E-state index contributed by atoms with van der Waals surface area (Å²) in [6, 6.07) is 8.17. The molecule has 1 aliphatic rings. The lowest BCUT2D eigenvalue weighted by Gasteiger charge is -2.28. The van der Waals surface area contributed by atoms with Crippen LogP contribution in [-0.4, -0.2) is 29.6 Å². The van der Waals surface area contributed by atoms with Crippen molar-refractivity contribution in [2.75, 3.05) is 13.7 Å². The Morgan fingerprint density at radius 2 is 2.19 bits per heavy atom. The van der Waals surface area contributed by atoms with E-state index in [2.05, 4.69) is 18.0 Å². The van der Waals surface area contributed by atoms with Gasteiger partial charge >= 0.3 is 0 Å². The van der Waals surface area contributed by atoms with Crippen LogP contribution in [0.3, 0.4) is 0 Å². The molecule has 21 heavy (non-hydrogen) atoms. The topological polar surface area (TPSA) is 52.6 Å². The fraction of sp³-hybridized carbons (Fsp3) is 0.235. The first-order chi connectivity index (χ1) is 10.0. The molecule has 0 aromatic heterocycles. The second kappa shape index (κ2) is 6.41. The molecule has 0 saturated carbocycles. The summed E-state index contributed by atoms with van der Waals surface area (Å²) in [4.78, 5) is 13.8. The van der Waals surface area contributed by atoms with Crippen molar-refractivity contribution in [3.05, 3.63) is 71.1 Å². The summed E-state index contributed by atoms with van der Waals surface area (Å²) in [5, 5.41) is 12.0. The second-order valence-electron chi connectivity index (χ2n) is 5.06. The third-order valence-electron chi connectivity index (χ3n) is 3.40. The minimum absolute atomic E-state index is 0.113. The molecule has 0 bridgehead atoms. The van der Waals surface area contributed by atoms with E-state index in [0.717, 1.165) is 5.56 Å². The first kappa shape index (κ1) is 15.1. The SMILES string of the molecule is C=C1C(C(=O)NC)=CC(CO)=CN1Cc1cccc(C)c1. The van der Waals surface area contributed by atoms with Crippen LogP contribution >= 0.6 is 0 Å². The van der Waals surface area contributed by atoms with Crippen molar-refractivity contribution in [3.63, 3.8) is 0 Å². The van der Waals surface area contributed by atoms with E-state index >= 15 is 0 Å². The Labute approximate surface area is 125 Å². The van der Waals surface area contributed by atoms with Crippen LogP contribution in [0.2, 0.25) is 0 Å². The van der Waals surface area contributed by atoms with Crippen molar-refractivity contribution in [1.82, 2.24) is 10.2 Å². The Balaban J connectivity index is 2.28. The fourth-order valence-corrected chi connectivity index (χ4v) is 2.30. The van der Waals surface area contributed by atoms with Crippen molar-refractivity contribution in [2.45, 2.75) is 13.5 Å². The summed E-state index contributed by atoms with van der Waals surface area (Å²) >= 11 is 0. The molecule has 4 heteroatoms. The molecule has 0 aliphatic carbocycles. The van der Waals surface area contributed by atoms with Gasteiger partial charge in [0.25, 0.3) is 5.91 Å². The Morgan fingerprint density at radius 1 is 1.43 bits per heavy atom.